The molecule has 0 N–H and O–H groups in total. The summed E-state index contributed by atoms with van der Waals surface area (Å²) in [4.78, 5) is 2.13. The van der Waals surface area contributed by atoms with Gasteiger partial charge >= 0.3 is 0 Å². The molecular weight excluding hydrogens is 210 g/mol. The van der Waals surface area contributed by atoms with Gasteiger partial charge in [0.2, 0.25) is 0 Å². The summed E-state index contributed by atoms with van der Waals surface area (Å²) in [5.74, 6) is 1.55. The van der Waals surface area contributed by atoms with Gasteiger partial charge in [0.15, 0.2) is 11.0 Å². The molecule has 1 atom stereocenters. The van der Waals surface area contributed by atoms with Crippen LogP contribution in [-0.2, 0) is 0 Å². The van der Waals surface area contributed by atoms with Crippen molar-refractivity contribution in [3.63, 3.8) is 0 Å². The summed E-state index contributed by atoms with van der Waals surface area (Å²) in [5.41, 5.74) is 0. The van der Waals surface area contributed by atoms with E-state index in [2.05, 4.69) is 35.9 Å². The van der Waals surface area contributed by atoms with Gasteiger partial charge < -0.3 is 4.90 Å². The third-order valence-corrected chi connectivity index (χ3v) is 2.65. The van der Waals surface area contributed by atoms with E-state index in [0.29, 0.717) is 17.1 Å². The predicted octanol–water partition coefficient (Wildman–Crippen LogP) is 3.00. The first-order valence-electron chi connectivity index (χ1n) is 5.22. The molecule has 0 radical (unpaired) electrons. The molecule has 4 heteroatoms. The Bertz CT molecular complexity index is 297. The second-order valence-corrected chi connectivity index (χ2v) is 4.69. The highest BCUT2D eigenvalue weighted by atomic mass is 35.5. The van der Waals surface area contributed by atoms with Gasteiger partial charge in [-0.05, 0) is 31.4 Å². The molecule has 1 aromatic rings. The van der Waals surface area contributed by atoms with Crippen molar-refractivity contribution < 1.29 is 0 Å². The number of hydrogen-bond donors (Lipinski definition) is 0. The first-order chi connectivity index (χ1) is 7.00. The van der Waals surface area contributed by atoms with Crippen molar-refractivity contribution in [2.24, 2.45) is 5.92 Å². The molecule has 3 nitrogen and oxygen atoms in total. The molecule has 0 fully saturated rings. The lowest BCUT2D eigenvalue weighted by Gasteiger charge is -2.26. The van der Waals surface area contributed by atoms with Gasteiger partial charge in [-0.15, -0.1) is 10.2 Å². The maximum Gasteiger partial charge on any atom is 0.151 e. The summed E-state index contributed by atoms with van der Waals surface area (Å²) >= 11 is 5.69. The Balaban J connectivity index is 2.67. The zero-order chi connectivity index (χ0) is 11.4. The fraction of sp³-hybridized carbons (Fsp3) is 0.636. The summed E-state index contributed by atoms with van der Waals surface area (Å²) < 4.78 is 0. The highest BCUT2D eigenvalue weighted by Gasteiger charge is 2.12. The van der Waals surface area contributed by atoms with Crippen molar-refractivity contribution in [3.05, 3.63) is 17.3 Å². The van der Waals surface area contributed by atoms with Crippen LogP contribution >= 0.6 is 11.6 Å². The molecule has 0 bridgehead atoms. The largest absolute Gasteiger partial charge is 0.355 e. The molecule has 1 heterocycles. The van der Waals surface area contributed by atoms with E-state index in [9.17, 15) is 0 Å². The van der Waals surface area contributed by atoms with Crippen LogP contribution in [0.4, 0.5) is 5.82 Å². The summed E-state index contributed by atoms with van der Waals surface area (Å²) in [6.07, 6.45) is 1.14. The van der Waals surface area contributed by atoms with Crippen LogP contribution in [0.5, 0.6) is 0 Å². The van der Waals surface area contributed by atoms with Crippen molar-refractivity contribution >= 4 is 17.4 Å². The minimum absolute atomic E-state index is 0.434. The quantitative estimate of drug-likeness (QED) is 0.792. The number of nitrogens with zero attached hydrogens (tertiary/aromatic N) is 3. The van der Waals surface area contributed by atoms with Gasteiger partial charge in [-0.3, -0.25) is 0 Å². The van der Waals surface area contributed by atoms with Gasteiger partial charge in [0.05, 0.1) is 0 Å². The van der Waals surface area contributed by atoms with Gasteiger partial charge in [-0.25, -0.2) is 0 Å². The molecule has 0 amide bonds. The van der Waals surface area contributed by atoms with Crippen LogP contribution in [0.3, 0.4) is 0 Å². The van der Waals surface area contributed by atoms with Crippen LogP contribution < -0.4 is 4.90 Å². The van der Waals surface area contributed by atoms with Crippen molar-refractivity contribution in [2.45, 2.75) is 33.2 Å². The molecule has 0 saturated carbocycles. The molecule has 0 saturated heterocycles. The summed E-state index contributed by atoms with van der Waals surface area (Å²) in [7, 11) is 2.03. The summed E-state index contributed by atoms with van der Waals surface area (Å²) in [5, 5.41) is 8.32. The number of aromatic nitrogens is 2. The Labute approximate surface area is 96.5 Å². The number of anilines is 1. The SMILES string of the molecule is CC(C)CC(C)N(C)c1ccc(Cl)nn1. The van der Waals surface area contributed by atoms with Gasteiger partial charge in [0.25, 0.3) is 0 Å². The van der Waals surface area contributed by atoms with E-state index in [1.807, 2.05) is 13.1 Å². The van der Waals surface area contributed by atoms with E-state index in [0.717, 1.165) is 12.2 Å². The summed E-state index contributed by atoms with van der Waals surface area (Å²) in [6.45, 7) is 6.63. The van der Waals surface area contributed by atoms with Gasteiger partial charge in [-0.2, -0.15) is 0 Å². The first-order valence-corrected chi connectivity index (χ1v) is 5.60. The van der Waals surface area contributed by atoms with E-state index in [-0.39, 0.29) is 0 Å². The van der Waals surface area contributed by atoms with E-state index in [1.165, 1.54) is 0 Å². The minimum atomic E-state index is 0.434. The molecular formula is C11H18ClN3. The Morgan fingerprint density at radius 1 is 1.27 bits per heavy atom. The second-order valence-electron chi connectivity index (χ2n) is 4.30. The Kier molecular flexibility index (Phi) is 4.33. The lowest BCUT2D eigenvalue weighted by atomic mass is 10.0. The zero-order valence-corrected chi connectivity index (χ0v) is 10.5. The monoisotopic (exact) mass is 227 g/mol. The van der Waals surface area contributed by atoms with Crippen LogP contribution in [0.2, 0.25) is 5.15 Å². The van der Waals surface area contributed by atoms with Crippen LogP contribution in [-0.4, -0.2) is 23.3 Å². The van der Waals surface area contributed by atoms with Crippen LogP contribution in [0.25, 0.3) is 0 Å². The normalized spacial score (nSPS) is 12.9. The lowest BCUT2D eigenvalue weighted by molar-refractivity contribution is 0.501. The molecule has 1 rings (SSSR count). The molecule has 0 aliphatic heterocycles. The van der Waals surface area contributed by atoms with Gasteiger partial charge in [-0.1, -0.05) is 25.4 Å². The zero-order valence-electron chi connectivity index (χ0n) is 9.74. The highest BCUT2D eigenvalue weighted by Crippen LogP contribution is 2.16. The third kappa shape index (κ3) is 3.67. The van der Waals surface area contributed by atoms with Crippen molar-refractivity contribution in [1.29, 1.82) is 0 Å². The van der Waals surface area contributed by atoms with Crippen LogP contribution in [0, 0.1) is 5.92 Å². The molecule has 0 aliphatic rings. The molecule has 0 aliphatic carbocycles. The average molecular weight is 228 g/mol. The molecule has 0 aromatic carbocycles. The number of halogens is 1. The average Bonchev–Trinajstić information content (AvgIpc) is 2.17. The van der Waals surface area contributed by atoms with Gasteiger partial charge in [0.1, 0.15) is 0 Å². The Hall–Kier alpha value is -0.830. The molecule has 0 spiro atoms. The maximum atomic E-state index is 5.69. The minimum Gasteiger partial charge on any atom is -0.355 e. The van der Waals surface area contributed by atoms with Crippen molar-refractivity contribution in [3.8, 4) is 0 Å². The third-order valence-electron chi connectivity index (χ3n) is 2.45. The lowest BCUT2D eigenvalue weighted by Crippen LogP contribution is -2.30. The summed E-state index contributed by atoms with van der Waals surface area (Å²) in [6, 6.07) is 4.12. The topological polar surface area (TPSA) is 29.0 Å². The number of rotatable bonds is 4. The molecule has 84 valence electrons. The molecule has 1 aromatic heterocycles. The standard InChI is InChI=1S/C11H18ClN3/c1-8(2)7-9(3)15(4)11-6-5-10(12)13-14-11/h5-6,8-9H,7H2,1-4H3. The maximum absolute atomic E-state index is 5.69. The van der Waals surface area contributed by atoms with Crippen molar-refractivity contribution in [2.75, 3.05) is 11.9 Å². The van der Waals surface area contributed by atoms with E-state index >= 15 is 0 Å². The van der Waals surface area contributed by atoms with E-state index < -0.39 is 0 Å². The van der Waals surface area contributed by atoms with Crippen molar-refractivity contribution in [1.82, 2.24) is 10.2 Å². The van der Waals surface area contributed by atoms with E-state index in [1.54, 1.807) is 6.07 Å². The fourth-order valence-electron chi connectivity index (χ4n) is 1.56. The highest BCUT2D eigenvalue weighted by molar-refractivity contribution is 6.29. The number of hydrogen-bond acceptors (Lipinski definition) is 3. The van der Waals surface area contributed by atoms with Crippen LogP contribution in [0.15, 0.2) is 12.1 Å². The Morgan fingerprint density at radius 2 is 1.93 bits per heavy atom. The molecule has 1 unspecified atom stereocenters. The molecule has 15 heavy (non-hydrogen) atoms. The van der Waals surface area contributed by atoms with E-state index in [4.69, 9.17) is 11.6 Å². The Morgan fingerprint density at radius 3 is 2.40 bits per heavy atom. The first kappa shape index (κ1) is 12.2. The second kappa shape index (κ2) is 5.31. The predicted molar refractivity (Wildman–Crippen MR) is 64.4 cm³/mol. The fourth-order valence-corrected chi connectivity index (χ4v) is 1.66. The van der Waals surface area contributed by atoms with Gasteiger partial charge in [0, 0.05) is 13.1 Å². The van der Waals surface area contributed by atoms with Crippen LogP contribution in [0.1, 0.15) is 27.2 Å². The smallest absolute Gasteiger partial charge is 0.151 e.